The zero-order valence-electron chi connectivity index (χ0n) is 16.1. The zero-order chi connectivity index (χ0) is 20.7. The van der Waals surface area contributed by atoms with Gasteiger partial charge in [-0.05, 0) is 24.6 Å². The van der Waals surface area contributed by atoms with E-state index < -0.39 is 0 Å². The molecule has 0 radical (unpaired) electrons. The number of hydrogen-bond acceptors (Lipinski definition) is 6. The number of rotatable bonds is 3. The number of carbonyl (C=O) groups is 1. The summed E-state index contributed by atoms with van der Waals surface area (Å²) in [5, 5.41) is 25.4. The first-order chi connectivity index (χ1) is 14.6. The van der Waals surface area contributed by atoms with Crippen LogP contribution >= 0.6 is 0 Å². The van der Waals surface area contributed by atoms with Crippen molar-refractivity contribution in [2.45, 2.75) is 19.3 Å². The molecule has 0 saturated carbocycles. The van der Waals surface area contributed by atoms with Gasteiger partial charge in [-0.3, -0.25) is 4.79 Å². The van der Waals surface area contributed by atoms with Gasteiger partial charge in [-0.25, -0.2) is 4.98 Å². The maximum atomic E-state index is 12.5. The van der Waals surface area contributed by atoms with E-state index in [1.165, 1.54) is 4.68 Å². The summed E-state index contributed by atoms with van der Waals surface area (Å²) in [6, 6.07) is 16.6. The highest BCUT2D eigenvalue weighted by Crippen LogP contribution is 2.40. The molecule has 2 aromatic heterocycles. The lowest BCUT2D eigenvalue weighted by Gasteiger charge is -2.24. The number of nitrogens with one attached hydrogen (secondary N) is 1. The van der Waals surface area contributed by atoms with Gasteiger partial charge in [-0.1, -0.05) is 42.5 Å². The zero-order valence-corrected chi connectivity index (χ0v) is 16.1. The molecule has 1 amide bonds. The summed E-state index contributed by atoms with van der Waals surface area (Å²) in [5.41, 5.74) is 4.20. The number of phenols is 1. The summed E-state index contributed by atoms with van der Waals surface area (Å²) >= 11 is 0. The molecule has 2 aromatic carbocycles. The molecule has 1 atom stereocenters. The van der Waals surface area contributed by atoms with Crippen molar-refractivity contribution in [3.05, 3.63) is 77.6 Å². The minimum absolute atomic E-state index is 0.117. The number of aromatic nitrogens is 5. The molecular formula is C22H18N6O2. The van der Waals surface area contributed by atoms with Crippen LogP contribution in [0.3, 0.4) is 0 Å². The van der Waals surface area contributed by atoms with E-state index in [4.69, 9.17) is 0 Å². The molecule has 8 nitrogen and oxygen atoms in total. The maximum absolute atomic E-state index is 12.5. The van der Waals surface area contributed by atoms with Crippen LogP contribution in [0.5, 0.6) is 5.75 Å². The van der Waals surface area contributed by atoms with Gasteiger partial charge in [0, 0.05) is 23.5 Å². The van der Waals surface area contributed by atoms with Crippen molar-refractivity contribution in [3.8, 4) is 23.0 Å². The second kappa shape index (κ2) is 7.07. The van der Waals surface area contributed by atoms with E-state index in [1.807, 2.05) is 49.4 Å². The number of nitrogens with zero attached hydrogens (tertiary/aromatic N) is 5. The highest BCUT2D eigenvalue weighted by molar-refractivity contribution is 5.95. The van der Waals surface area contributed by atoms with Crippen molar-refractivity contribution in [1.29, 1.82) is 0 Å². The predicted molar refractivity (Wildman–Crippen MR) is 110 cm³/mol. The highest BCUT2D eigenvalue weighted by atomic mass is 16.3. The average molecular weight is 398 g/mol. The van der Waals surface area contributed by atoms with Gasteiger partial charge in [0.1, 0.15) is 11.6 Å². The molecule has 0 saturated heterocycles. The van der Waals surface area contributed by atoms with Crippen LogP contribution in [0.1, 0.15) is 29.2 Å². The molecule has 5 rings (SSSR count). The Morgan fingerprint density at radius 1 is 1.10 bits per heavy atom. The van der Waals surface area contributed by atoms with Crippen LogP contribution < -0.4 is 5.32 Å². The Hall–Kier alpha value is -4.07. The normalized spacial score (nSPS) is 15.5. The highest BCUT2D eigenvalue weighted by Gasteiger charge is 2.33. The van der Waals surface area contributed by atoms with Gasteiger partial charge in [-0.2, -0.15) is 14.9 Å². The number of hydrogen-bond donors (Lipinski definition) is 2. The van der Waals surface area contributed by atoms with Crippen molar-refractivity contribution in [1.82, 2.24) is 25.0 Å². The first kappa shape index (κ1) is 18.0. The molecule has 8 heteroatoms. The van der Waals surface area contributed by atoms with E-state index in [-0.39, 0.29) is 23.5 Å². The van der Waals surface area contributed by atoms with Crippen molar-refractivity contribution < 1.29 is 9.90 Å². The number of anilines is 1. The average Bonchev–Trinajstić information content (AvgIpc) is 3.11. The minimum atomic E-state index is -0.173. The summed E-state index contributed by atoms with van der Waals surface area (Å²) in [4.78, 5) is 17.1. The molecular weight excluding hydrogens is 380 g/mol. The monoisotopic (exact) mass is 398 g/mol. The van der Waals surface area contributed by atoms with Crippen LogP contribution in [-0.4, -0.2) is 36.0 Å². The van der Waals surface area contributed by atoms with E-state index in [9.17, 15) is 9.90 Å². The van der Waals surface area contributed by atoms with Gasteiger partial charge in [0.15, 0.2) is 0 Å². The van der Waals surface area contributed by atoms with Gasteiger partial charge in [0.2, 0.25) is 5.91 Å². The number of amides is 1. The van der Waals surface area contributed by atoms with E-state index in [1.54, 1.807) is 18.3 Å². The topological polar surface area (TPSA) is 106 Å². The van der Waals surface area contributed by atoms with Crippen LogP contribution in [0.25, 0.3) is 17.2 Å². The molecule has 0 bridgehead atoms. The quantitative estimate of drug-likeness (QED) is 0.549. The molecule has 0 unspecified atom stereocenters. The fraction of sp³-hybridized carbons (Fsp3) is 0.136. The second-order valence-corrected chi connectivity index (χ2v) is 7.16. The van der Waals surface area contributed by atoms with Crippen molar-refractivity contribution >= 4 is 11.7 Å². The Morgan fingerprint density at radius 2 is 1.87 bits per heavy atom. The summed E-state index contributed by atoms with van der Waals surface area (Å²) < 4.78 is 1.54. The lowest BCUT2D eigenvalue weighted by Crippen LogP contribution is -2.25. The van der Waals surface area contributed by atoms with E-state index in [2.05, 4.69) is 25.6 Å². The largest absolute Gasteiger partial charge is 0.508 e. The van der Waals surface area contributed by atoms with Gasteiger partial charge in [0.05, 0.1) is 17.6 Å². The lowest BCUT2D eigenvalue weighted by molar-refractivity contribution is -0.116. The number of fused-ring (bicyclic) bond motifs is 1. The van der Waals surface area contributed by atoms with E-state index in [0.717, 1.165) is 22.4 Å². The third-order valence-corrected chi connectivity index (χ3v) is 5.20. The minimum Gasteiger partial charge on any atom is -0.508 e. The summed E-state index contributed by atoms with van der Waals surface area (Å²) in [5.74, 6) is 0.729. The van der Waals surface area contributed by atoms with Crippen molar-refractivity contribution in [2.75, 3.05) is 5.32 Å². The smallest absolute Gasteiger partial charge is 0.272 e. The van der Waals surface area contributed by atoms with Crippen LogP contribution in [-0.2, 0) is 4.79 Å². The molecule has 2 N–H and O–H groups in total. The molecule has 3 heterocycles. The standard InChI is InChI=1S/C22H18N6O2/c1-13-20-17(14-7-9-16(29)10-8-14)11-19(30)25-21(20)28(27-13)22-24-18(12-23-26-22)15-5-3-2-4-6-15/h2-10,12,17,29H,11H2,1H3,(H,25,30)/t17-/m0/s1. The molecule has 4 aromatic rings. The van der Waals surface area contributed by atoms with E-state index >= 15 is 0 Å². The fourth-order valence-electron chi connectivity index (χ4n) is 3.82. The Labute approximate surface area is 172 Å². The number of aryl methyl sites for hydroxylation is 1. The summed E-state index contributed by atoms with van der Waals surface area (Å²) in [7, 11) is 0. The SMILES string of the molecule is Cc1nn(-c2nncc(-c3ccccc3)n2)c2c1[C@H](c1ccc(O)cc1)CC(=O)N2. The predicted octanol–water partition coefficient (Wildman–Crippen LogP) is 3.21. The number of aromatic hydroxyl groups is 1. The lowest BCUT2D eigenvalue weighted by atomic mass is 9.86. The van der Waals surface area contributed by atoms with Gasteiger partial charge in [0.25, 0.3) is 5.95 Å². The molecule has 1 aliphatic rings. The van der Waals surface area contributed by atoms with Gasteiger partial charge >= 0.3 is 0 Å². The summed E-state index contributed by atoms with van der Waals surface area (Å²) in [6.45, 7) is 1.90. The Balaban J connectivity index is 1.62. The molecule has 1 aliphatic heterocycles. The number of phenolic OH excluding ortho intramolecular Hbond substituents is 1. The van der Waals surface area contributed by atoms with Crippen molar-refractivity contribution in [3.63, 3.8) is 0 Å². The first-order valence-corrected chi connectivity index (χ1v) is 9.54. The molecule has 0 fully saturated rings. The number of carbonyl (C=O) groups excluding carboxylic acids is 1. The molecule has 30 heavy (non-hydrogen) atoms. The van der Waals surface area contributed by atoms with Crippen molar-refractivity contribution in [2.24, 2.45) is 0 Å². The second-order valence-electron chi connectivity index (χ2n) is 7.16. The summed E-state index contributed by atoms with van der Waals surface area (Å²) in [6.07, 6.45) is 1.90. The maximum Gasteiger partial charge on any atom is 0.272 e. The molecule has 148 valence electrons. The molecule has 0 spiro atoms. The molecule has 0 aliphatic carbocycles. The van der Waals surface area contributed by atoms with E-state index in [0.29, 0.717) is 17.9 Å². The first-order valence-electron chi connectivity index (χ1n) is 9.54. The van der Waals surface area contributed by atoms with Crippen LogP contribution in [0.2, 0.25) is 0 Å². The number of benzene rings is 2. The fourth-order valence-corrected chi connectivity index (χ4v) is 3.82. The Bertz CT molecular complexity index is 1230. The van der Waals surface area contributed by atoms with Crippen LogP contribution in [0.15, 0.2) is 60.8 Å². The Morgan fingerprint density at radius 3 is 2.63 bits per heavy atom. The van der Waals surface area contributed by atoms with Gasteiger partial charge < -0.3 is 10.4 Å². The van der Waals surface area contributed by atoms with Crippen LogP contribution in [0, 0.1) is 6.92 Å². The Kier molecular flexibility index (Phi) is 4.24. The third-order valence-electron chi connectivity index (χ3n) is 5.20. The van der Waals surface area contributed by atoms with Crippen LogP contribution in [0.4, 0.5) is 5.82 Å². The van der Waals surface area contributed by atoms with Gasteiger partial charge in [-0.15, -0.1) is 5.10 Å². The third kappa shape index (κ3) is 3.08.